The first-order valence-corrected chi connectivity index (χ1v) is 11.5. The summed E-state index contributed by atoms with van der Waals surface area (Å²) in [5.41, 5.74) is 1.32. The number of hydrogen-bond acceptors (Lipinski definition) is 1. The Morgan fingerprint density at radius 1 is 1.21 bits per heavy atom. The summed E-state index contributed by atoms with van der Waals surface area (Å²) in [6, 6.07) is 9.03. The van der Waals surface area contributed by atoms with Crippen LogP contribution in [0.4, 0.5) is 0 Å². The van der Waals surface area contributed by atoms with Crippen molar-refractivity contribution < 1.29 is 4.74 Å². The first-order chi connectivity index (χ1) is 8.79. The summed E-state index contributed by atoms with van der Waals surface area (Å²) in [5.74, 6) is 0. The minimum atomic E-state index is -1.42. The fourth-order valence-corrected chi connectivity index (χ4v) is 4.07. The van der Waals surface area contributed by atoms with Gasteiger partial charge in [-0.2, -0.15) is 0 Å². The van der Waals surface area contributed by atoms with Crippen molar-refractivity contribution in [2.75, 3.05) is 11.0 Å². The van der Waals surface area contributed by atoms with Crippen LogP contribution in [0, 0.1) is 0 Å². The highest BCUT2D eigenvalue weighted by Crippen LogP contribution is 2.35. The molecule has 0 unspecified atom stereocenters. The lowest BCUT2D eigenvalue weighted by molar-refractivity contribution is 0.122. The molecule has 0 N–H and O–H groups in total. The Balaban J connectivity index is 2.77. The Morgan fingerprint density at radius 3 is 2.47 bits per heavy atom. The molecule has 1 rings (SSSR count). The van der Waals surface area contributed by atoms with E-state index in [-0.39, 0.29) is 0 Å². The monoisotopic (exact) mass is 390 g/mol. The lowest BCUT2D eigenvalue weighted by Crippen LogP contribution is -2.49. The van der Waals surface area contributed by atoms with Crippen LogP contribution in [0.5, 0.6) is 0 Å². The van der Waals surface area contributed by atoms with Gasteiger partial charge in [-0.05, 0) is 17.0 Å². The molecule has 0 amide bonds. The number of benzene rings is 1. The first-order valence-electron chi connectivity index (χ1n) is 7.02. The predicted molar refractivity (Wildman–Crippen MR) is 96.4 cm³/mol. The average Bonchev–Trinajstić information content (AvgIpc) is 2.34. The third-order valence-corrected chi connectivity index (χ3v) is 10.5. The quantitative estimate of drug-likeness (QED) is 0.295. The van der Waals surface area contributed by atoms with Crippen molar-refractivity contribution in [2.45, 2.75) is 51.9 Å². The van der Waals surface area contributed by atoms with Gasteiger partial charge in [-0.1, -0.05) is 85.9 Å². The maximum atomic E-state index is 5.72. The minimum absolute atomic E-state index is 0.383. The summed E-state index contributed by atoms with van der Waals surface area (Å²) in [5, 5.41) is 1.92. The summed E-state index contributed by atoms with van der Waals surface area (Å²) in [6.07, 6.45) is 1.14. The van der Waals surface area contributed by atoms with Crippen LogP contribution < -0.4 is 5.19 Å². The van der Waals surface area contributed by atoms with E-state index in [9.17, 15) is 0 Å². The van der Waals surface area contributed by atoms with Crippen LogP contribution in [0.3, 0.4) is 0 Å². The smallest absolute Gasteiger partial charge is 0.0859 e. The van der Waals surface area contributed by atoms with E-state index < -0.39 is 8.07 Å². The van der Waals surface area contributed by atoms with Gasteiger partial charge in [-0.25, -0.2) is 0 Å². The number of halogens is 1. The molecule has 0 saturated heterocycles. The molecular formula is C16H27IOSi. The molecule has 0 radical (unpaired) electrons. The summed E-state index contributed by atoms with van der Waals surface area (Å²) in [6.45, 7) is 13.6. The third kappa shape index (κ3) is 4.87. The summed E-state index contributed by atoms with van der Waals surface area (Å²) in [4.78, 5) is 0. The van der Waals surface area contributed by atoms with E-state index >= 15 is 0 Å². The largest absolute Gasteiger partial charge is 0.377 e. The van der Waals surface area contributed by atoms with E-state index in [1.54, 1.807) is 0 Å². The molecule has 0 aliphatic heterocycles. The Morgan fingerprint density at radius 2 is 1.89 bits per heavy atom. The van der Waals surface area contributed by atoms with Gasteiger partial charge in [0.2, 0.25) is 0 Å². The van der Waals surface area contributed by atoms with Gasteiger partial charge in [0.1, 0.15) is 0 Å². The molecule has 0 bridgehead atoms. The SMILES string of the molecule is CC(C)(C)[Si](C)(C)c1cccc(COCCCI)c1. The summed E-state index contributed by atoms with van der Waals surface area (Å²) < 4.78 is 6.89. The van der Waals surface area contributed by atoms with Gasteiger partial charge in [-0.3, -0.25) is 0 Å². The minimum Gasteiger partial charge on any atom is -0.377 e. The molecule has 0 atom stereocenters. The van der Waals surface area contributed by atoms with Gasteiger partial charge in [0, 0.05) is 11.0 Å². The highest BCUT2D eigenvalue weighted by molar-refractivity contribution is 14.1. The topological polar surface area (TPSA) is 9.23 Å². The van der Waals surface area contributed by atoms with Crippen molar-refractivity contribution in [3.8, 4) is 0 Å². The second-order valence-electron chi connectivity index (χ2n) is 6.67. The van der Waals surface area contributed by atoms with E-state index in [2.05, 4.69) is 80.7 Å². The number of ether oxygens (including phenoxy) is 1. The second-order valence-corrected chi connectivity index (χ2v) is 13.1. The van der Waals surface area contributed by atoms with Crippen molar-refractivity contribution >= 4 is 35.9 Å². The standard InChI is InChI=1S/C16H27IOSi/c1-16(2,3)19(4,5)15-9-6-8-14(12-15)13-18-11-7-10-17/h6,8-9,12H,7,10-11,13H2,1-5H3. The zero-order chi connectivity index (χ0) is 14.5. The Labute approximate surface area is 133 Å². The van der Waals surface area contributed by atoms with Gasteiger partial charge in [0.05, 0.1) is 14.7 Å². The third-order valence-electron chi connectivity index (χ3n) is 4.21. The Bertz CT molecular complexity index is 396. The zero-order valence-electron chi connectivity index (χ0n) is 12.9. The highest BCUT2D eigenvalue weighted by Gasteiger charge is 2.36. The maximum Gasteiger partial charge on any atom is 0.0859 e. The normalized spacial score (nSPS) is 12.7. The van der Waals surface area contributed by atoms with Crippen LogP contribution in [0.25, 0.3) is 0 Å². The molecule has 0 saturated carbocycles. The van der Waals surface area contributed by atoms with Crippen LogP contribution in [-0.4, -0.2) is 19.1 Å². The van der Waals surface area contributed by atoms with Crippen molar-refractivity contribution in [3.05, 3.63) is 29.8 Å². The van der Waals surface area contributed by atoms with Crippen molar-refractivity contribution in [1.29, 1.82) is 0 Å². The molecule has 3 heteroatoms. The lowest BCUT2D eigenvalue weighted by atomic mass is 10.2. The van der Waals surface area contributed by atoms with Crippen LogP contribution in [0.15, 0.2) is 24.3 Å². The summed E-state index contributed by atoms with van der Waals surface area (Å²) in [7, 11) is -1.42. The molecular weight excluding hydrogens is 363 g/mol. The molecule has 1 nitrogen and oxygen atoms in total. The van der Waals surface area contributed by atoms with Crippen LogP contribution in [0.1, 0.15) is 32.8 Å². The zero-order valence-corrected chi connectivity index (χ0v) is 16.1. The predicted octanol–water partition coefficient (Wildman–Crippen LogP) is 4.74. The van der Waals surface area contributed by atoms with Gasteiger partial charge >= 0.3 is 0 Å². The molecule has 1 aromatic carbocycles. The fourth-order valence-electron chi connectivity index (χ4n) is 1.83. The van der Waals surface area contributed by atoms with E-state index in [1.807, 2.05) is 0 Å². The molecule has 0 aromatic heterocycles. The van der Waals surface area contributed by atoms with Crippen molar-refractivity contribution in [3.63, 3.8) is 0 Å². The van der Waals surface area contributed by atoms with Crippen LogP contribution in [0.2, 0.25) is 18.1 Å². The highest BCUT2D eigenvalue weighted by atomic mass is 127. The molecule has 0 spiro atoms. The molecule has 0 aliphatic rings. The molecule has 1 aromatic rings. The average molecular weight is 390 g/mol. The lowest BCUT2D eigenvalue weighted by Gasteiger charge is -2.37. The molecule has 19 heavy (non-hydrogen) atoms. The molecule has 108 valence electrons. The van der Waals surface area contributed by atoms with Gasteiger partial charge in [-0.15, -0.1) is 0 Å². The fraction of sp³-hybridized carbons (Fsp3) is 0.625. The van der Waals surface area contributed by atoms with Gasteiger partial charge < -0.3 is 4.74 Å². The van der Waals surface area contributed by atoms with Crippen LogP contribution in [-0.2, 0) is 11.3 Å². The molecule has 0 heterocycles. The van der Waals surface area contributed by atoms with E-state index in [0.29, 0.717) is 5.04 Å². The van der Waals surface area contributed by atoms with Crippen molar-refractivity contribution in [1.82, 2.24) is 0 Å². The molecule has 0 aliphatic carbocycles. The van der Waals surface area contributed by atoms with E-state index in [4.69, 9.17) is 4.74 Å². The van der Waals surface area contributed by atoms with E-state index in [1.165, 1.54) is 15.2 Å². The first kappa shape index (κ1) is 17.2. The Kier molecular flexibility index (Phi) is 6.53. The van der Waals surface area contributed by atoms with E-state index in [0.717, 1.165) is 19.6 Å². The number of alkyl halides is 1. The summed E-state index contributed by atoms with van der Waals surface area (Å²) >= 11 is 2.39. The molecule has 0 fully saturated rings. The van der Waals surface area contributed by atoms with Crippen molar-refractivity contribution in [2.24, 2.45) is 0 Å². The van der Waals surface area contributed by atoms with Crippen LogP contribution >= 0.6 is 22.6 Å². The Hall–Kier alpha value is 0.127. The maximum absolute atomic E-state index is 5.72. The number of hydrogen-bond donors (Lipinski definition) is 0. The number of rotatable bonds is 6. The van der Waals surface area contributed by atoms with Gasteiger partial charge in [0.15, 0.2) is 0 Å². The second kappa shape index (κ2) is 7.23. The van der Waals surface area contributed by atoms with Gasteiger partial charge in [0.25, 0.3) is 0 Å².